The van der Waals surface area contributed by atoms with Gasteiger partial charge in [0.15, 0.2) is 5.11 Å². The number of benzene rings is 2. The lowest BCUT2D eigenvalue weighted by molar-refractivity contribution is -0.114. The van der Waals surface area contributed by atoms with E-state index in [4.69, 9.17) is 17.0 Å². The van der Waals surface area contributed by atoms with Gasteiger partial charge in [-0.05, 0) is 62.5 Å². The minimum Gasteiger partial charge on any atom is -0.379 e. The first-order valence-electron chi connectivity index (χ1n) is 11.8. The molecule has 0 bridgehead atoms. The number of anilines is 2. The average Bonchev–Trinajstić information content (AvgIpc) is 3.34. The van der Waals surface area contributed by atoms with Crippen LogP contribution in [0.5, 0.6) is 0 Å². The number of hydrogen-bond donors (Lipinski definition) is 3. The molecule has 0 radical (unpaired) electrons. The first kappa shape index (κ1) is 27.1. The van der Waals surface area contributed by atoms with Gasteiger partial charge in [-0.2, -0.15) is 4.31 Å². The standard InChI is InChI=1S/C25H29N5O4S3/c1-16(2)27-25(35)29-19-6-4-18(5-7-19)24-26-15-22(36-24)21-9-8-20(28-17(3)31)14-23(21)37(32,33)30-10-12-34-13-11-30/h4-9,14-16H,10-13H2,1-3H3,(H,28,31)(H2,27,29,35). The van der Waals surface area contributed by atoms with Gasteiger partial charge in [-0.1, -0.05) is 6.07 Å². The van der Waals surface area contributed by atoms with Gasteiger partial charge in [-0.3, -0.25) is 4.79 Å². The smallest absolute Gasteiger partial charge is 0.243 e. The predicted octanol–water partition coefficient (Wildman–Crippen LogP) is 4.15. The quantitative estimate of drug-likeness (QED) is 0.370. The van der Waals surface area contributed by atoms with Gasteiger partial charge in [0, 0.05) is 54.8 Å². The fraction of sp³-hybridized carbons (Fsp3) is 0.320. The minimum atomic E-state index is -3.83. The number of thiazole rings is 1. The molecule has 1 aliphatic rings. The number of nitrogens with one attached hydrogen (secondary N) is 3. The van der Waals surface area contributed by atoms with E-state index in [-0.39, 0.29) is 29.9 Å². The molecule has 12 heteroatoms. The van der Waals surface area contributed by atoms with Crippen LogP contribution in [-0.2, 0) is 19.6 Å². The SMILES string of the molecule is CC(=O)Nc1ccc(-c2cnc(-c3ccc(NC(=S)NC(C)C)cc3)s2)c(S(=O)(=O)N2CCOCC2)c1. The Hall–Kier alpha value is -2.90. The maximum absolute atomic E-state index is 13.6. The second kappa shape index (κ2) is 11.7. The van der Waals surface area contributed by atoms with Crippen LogP contribution in [-0.4, -0.2) is 61.1 Å². The summed E-state index contributed by atoms with van der Waals surface area (Å²) in [5.41, 5.74) is 2.71. The number of amides is 1. The first-order valence-corrected chi connectivity index (χ1v) is 14.4. The number of carbonyl (C=O) groups excluding carboxylic acids is 1. The number of sulfonamides is 1. The zero-order valence-electron chi connectivity index (χ0n) is 20.8. The van der Waals surface area contributed by atoms with Crippen LogP contribution in [0.1, 0.15) is 20.8 Å². The van der Waals surface area contributed by atoms with Crippen LogP contribution in [0.4, 0.5) is 11.4 Å². The molecule has 4 rings (SSSR count). The number of morpholine rings is 1. The summed E-state index contributed by atoms with van der Waals surface area (Å²) >= 11 is 6.70. The van der Waals surface area contributed by atoms with E-state index in [0.717, 1.165) is 16.3 Å². The van der Waals surface area contributed by atoms with E-state index < -0.39 is 10.0 Å². The molecule has 1 fully saturated rings. The molecule has 0 saturated carbocycles. The van der Waals surface area contributed by atoms with Gasteiger partial charge >= 0.3 is 0 Å². The van der Waals surface area contributed by atoms with Gasteiger partial charge in [0.25, 0.3) is 0 Å². The second-order valence-corrected chi connectivity index (χ2v) is 12.1. The van der Waals surface area contributed by atoms with Crippen LogP contribution in [0.3, 0.4) is 0 Å². The molecule has 3 N–H and O–H groups in total. The monoisotopic (exact) mass is 559 g/mol. The lowest BCUT2D eigenvalue weighted by atomic mass is 10.2. The lowest BCUT2D eigenvalue weighted by Crippen LogP contribution is -2.40. The summed E-state index contributed by atoms with van der Waals surface area (Å²) in [5.74, 6) is -0.277. The van der Waals surface area contributed by atoms with Gasteiger partial charge in [-0.15, -0.1) is 11.3 Å². The van der Waals surface area contributed by atoms with Crippen molar-refractivity contribution in [1.82, 2.24) is 14.6 Å². The minimum absolute atomic E-state index is 0.126. The number of carbonyl (C=O) groups is 1. The Labute approximate surface area is 226 Å². The Bertz CT molecular complexity index is 1380. The summed E-state index contributed by atoms with van der Waals surface area (Å²) < 4.78 is 34.0. The maximum atomic E-state index is 13.6. The van der Waals surface area contributed by atoms with Crippen LogP contribution in [0.15, 0.2) is 53.6 Å². The fourth-order valence-corrected chi connectivity index (χ4v) is 6.82. The number of thiocarbonyl (C=S) groups is 1. The van der Waals surface area contributed by atoms with Gasteiger partial charge in [0.05, 0.1) is 23.0 Å². The molecule has 1 aliphatic heterocycles. The van der Waals surface area contributed by atoms with Crippen molar-refractivity contribution >= 4 is 56.0 Å². The Morgan fingerprint density at radius 3 is 2.41 bits per heavy atom. The normalized spacial score (nSPS) is 14.4. The number of ether oxygens (including phenoxy) is 1. The van der Waals surface area contributed by atoms with Gasteiger partial charge < -0.3 is 20.7 Å². The highest BCUT2D eigenvalue weighted by Crippen LogP contribution is 2.38. The Kier molecular flexibility index (Phi) is 8.55. The van der Waals surface area contributed by atoms with Gasteiger partial charge in [0.2, 0.25) is 15.9 Å². The molecule has 0 unspecified atom stereocenters. The molecule has 2 heterocycles. The third kappa shape index (κ3) is 6.70. The van der Waals surface area contributed by atoms with E-state index in [1.54, 1.807) is 18.3 Å². The second-order valence-electron chi connectivity index (χ2n) is 8.77. The van der Waals surface area contributed by atoms with Crippen molar-refractivity contribution in [2.75, 3.05) is 36.9 Å². The molecule has 0 atom stereocenters. The Morgan fingerprint density at radius 2 is 1.76 bits per heavy atom. The van der Waals surface area contributed by atoms with Gasteiger partial charge in [0.1, 0.15) is 5.01 Å². The third-order valence-electron chi connectivity index (χ3n) is 5.47. The molecule has 1 saturated heterocycles. The lowest BCUT2D eigenvalue weighted by Gasteiger charge is -2.27. The first-order chi connectivity index (χ1) is 17.6. The summed E-state index contributed by atoms with van der Waals surface area (Å²) in [5, 5.41) is 10.3. The van der Waals surface area contributed by atoms with E-state index >= 15 is 0 Å². The highest BCUT2D eigenvalue weighted by molar-refractivity contribution is 7.89. The Balaban J connectivity index is 1.64. The zero-order valence-corrected chi connectivity index (χ0v) is 23.2. The summed E-state index contributed by atoms with van der Waals surface area (Å²) in [6, 6.07) is 12.9. The third-order valence-corrected chi connectivity index (χ3v) is 8.71. The molecule has 0 spiro atoms. The molecule has 196 valence electrons. The summed E-state index contributed by atoms with van der Waals surface area (Å²) in [6.45, 7) is 6.65. The van der Waals surface area contributed by atoms with E-state index in [1.165, 1.54) is 28.6 Å². The molecule has 9 nitrogen and oxygen atoms in total. The molecule has 1 aromatic heterocycles. The summed E-state index contributed by atoms with van der Waals surface area (Å²) in [4.78, 5) is 17.0. The fourth-order valence-electron chi connectivity index (χ4n) is 3.80. The van der Waals surface area contributed by atoms with Crippen molar-refractivity contribution in [3.05, 3.63) is 48.7 Å². The molecule has 37 heavy (non-hydrogen) atoms. The van der Waals surface area contributed by atoms with Gasteiger partial charge in [-0.25, -0.2) is 13.4 Å². The molecule has 0 aliphatic carbocycles. The highest BCUT2D eigenvalue weighted by atomic mass is 32.2. The highest BCUT2D eigenvalue weighted by Gasteiger charge is 2.30. The number of aromatic nitrogens is 1. The molecule has 2 aromatic carbocycles. The number of nitrogens with zero attached hydrogens (tertiary/aromatic N) is 2. The summed E-state index contributed by atoms with van der Waals surface area (Å²) in [7, 11) is -3.83. The summed E-state index contributed by atoms with van der Waals surface area (Å²) in [6.07, 6.45) is 1.68. The van der Waals surface area contributed by atoms with Crippen molar-refractivity contribution in [3.8, 4) is 21.0 Å². The van der Waals surface area contributed by atoms with Crippen LogP contribution in [0.2, 0.25) is 0 Å². The molecular weight excluding hydrogens is 531 g/mol. The van der Waals surface area contributed by atoms with E-state index in [9.17, 15) is 13.2 Å². The van der Waals surface area contributed by atoms with E-state index in [0.29, 0.717) is 34.5 Å². The largest absolute Gasteiger partial charge is 0.379 e. The van der Waals surface area contributed by atoms with Crippen molar-refractivity contribution < 1.29 is 17.9 Å². The van der Waals surface area contributed by atoms with Crippen molar-refractivity contribution in [3.63, 3.8) is 0 Å². The zero-order chi connectivity index (χ0) is 26.6. The average molecular weight is 560 g/mol. The molecule has 3 aromatic rings. The Morgan fingerprint density at radius 1 is 1.08 bits per heavy atom. The molecule has 1 amide bonds. The molecular formula is C25H29N5O4S3. The number of rotatable bonds is 7. The maximum Gasteiger partial charge on any atom is 0.243 e. The van der Waals surface area contributed by atoms with Crippen LogP contribution < -0.4 is 16.0 Å². The van der Waals surface area contributed by atoms with Crippen molar-refractivity contribution in [2.24, 2.45) is 0 Å². The van der Waals surface area contributed by atoms with Crippen LogP contribution in [0.25, 0.3) is 21.0 Å². The van der Waals surface area contributed by atoms with E-state index in [2.05, 4.69) is 20.9 Å². The predicted molar refractivity (Wildman–Crippen MR) is 151 cm³/mol. The topological polar surface area (TPSA) is 113 Å². The van der Waals surface area contributed by atoms with Crippen LogP contribution >= 0.6 is 23.6 Å². The van der Waals surface area contributed by atoms with Crippen molar-refractivity contribution in [2.45, 2.75) is 31.7 Å². The number of hydrogen-bond acceptors (Lipinski definition) is 7. The van der Waals surface area contributed by atoms with Crippen LogP contribution in [0, 0.1) is 0 Å². The van der Waals surface area contributed by atoms with E-state index in [1.807, 2.05) is 38.1 Å². The van der Waals surface area contributed by atoms with Crippen molar-refractivity contribution in [1.29, 1.82) is 0 Å².